The first-order valence-corrected chi connectivity index (χ1v) is 9.99. The van der Waals surface area contributed by atoms with Gasteiger partial charge in [-0.15, -0.1) is 11.8 Å². The van der Waals surface area contributed by atoms with E-state index in [1.165, 1.54) is 4.90 Å². The molecular weight excluding hydrogens is 352 g/mol. The number of hydrogen-bond acceptors (Lipinski definition) is 4. The molecule has 0 unspecified atom stereocenters. The van der Waals surface area contributed by atoms with Gasteiger partial charge in [0.05, 0.1) is 17.6 Å². The molecule has 0 N–H and O–H groups in total. The Morgan fingerprint density at radius 3 is 2.41 bits per heavy atom. The van der Waals surface area contributed by atoms with Crippen LogP contribution >= 0.6 is 11.8 Å². The van der Waals surface area contributed by atoms with Crippen LogP contribution in [0, 0.1) is 6.92 Å². The lowest BCUT2D eigenvalue weighted by Gasteiger charge is -2.07. The quantitative estimate of drug-likeness (QED) is 0.453. The van der Waals surface area contributed by atoms with Crippen molar-refractivity contribution in [1.82, 2.24) is 14.6 Å². The van der Waals surface area contributed by atoms with E-state index in [1.807, 2.05) is 67.3 Å². The first kappa shape index (κ1) is 19.0. The summed E-state index contributed by atoms with van der Waals surface area (Å²) in [5.41, 5.74) is 3.96. The molecule has 0 atom stereocenters. The van der Waals surface area contributed by atoms with Crippen LogP contribution in [0.4, 0.5) is 0 Å². The normalized spacial score (nSPS) is 11.9. The molecule has 0 saturated carbocycles. The summed E-state index contributed by atoms with van der Waals surface area (Å²) >= 11 is 1.73. The van der Waals surface area contributed by atoms with Crippen LogP contribution in [-0.2, 0) is 0 Å². The van der Waals surface area contributed by atoms with Gasteiger partial charge in [0.1, 0.15) is 5.82 Å². The van der Waals surface area contributed by atoms with Gasteiger partial charge < -0.3 is 4.90 Å². The minimum Gasteiger partial charge on any atom is -0.383 e. The van der Waals surface area contributed by atoms with Crippen molar-refractivity contribution in [2.75, 3.05) is 20.4 Å². The SMILES string of the molecule is CSc1ccc(C(/C=C/N(C)C)=N/n2cc(-c3ccccc3)nc2C)cc1. The summed E-state index contributed by atoms with van der Waals surface area (Å²) in [4.78, 5) is 7.91. The summed E-state index contributed by atoms with van der Waals surface area (Å²) in [6, 6.07) is 18.6. The fourth-order valence-electron chi connectivity index (χ4n) is 2.60. The van der Waals surface area contributed by atoms with Crippen LogP contribution in [0.1, 0.15) is 11.4 Å². The number of thioether (sulfide) groups is 1. The van der Waals surface area contributed by atoms with Gasteiger partial charge in [0.25, 0.3) is 0 Å². The van der Waals surface area contributed by atoms with Crippen molar-refractivity contribution in [3.63, 3.8) is 0 Å². The van der Waals surface area contributed by atoms with Crippen molar-refractivity contribution in [2.45, 2.75) is 11.8 Å². The van der Waals surface area contributed by atoms with Gasteiger partial charge in [-0.1, -0.05) is 42.5 Å². The average Bonchev–Trinajstić information content (AvgIpc) is 3.06. The second-order valence-corrected chi connectivity index (χ2v) is 7.26. The van der Waals surface area contributed by atoms with Gasteiger partial charge in [0, 0.05) is 36.3 Å². The van der Waals surface area contributed by atoms with Crippen molar-refractivity contribution in [1.29, 1.82) is 0 Å². The Morgan fingerprint density at radius 1 is 1.07 bits per heavy atom. The molecule has 0 amide bonds. The second-order valence-electron chi connectivity index (χ2n) is 6.38. The molecule has 0 spiro atoms. The van der Waals surface area contributed by atoms with Crippen molar-refractivity contribution >= 4 is 17.5 Å². The van der Waals surface area contributed by atoms with Crippen molar-refractivity contribution in [2.24, 2.45) is 5.10 Å². The zero-order chi connectivity index (χ0) is 19.2. The van der Waals surface area contributed by atoms with Gasteiger partial charge in [-0.05, 0) is 31.4 Å². The van der Waals surface area contributed by atoms with E-state index >= 15 is 0 Å². The lowest BCUT2D eigenvalue weighted by atomic mass is 10.1. The van der Waals surface area contributed by atoms with E-state index < -0.39 is 0 Å². The number of hydrogen-bond donors (Lipinski definition) is 0. The average molecular weight is 377 g/mol. The number of imidazole rings is 1. The standard InChI is InChI=1S/C22H24N4S/c1-17-23-22(18-8-6-5-7-9-18)16-26(17)24-21(14-15-25(2)3)19-10-12-20(27-4)13-11-19/h5-16H,1-4H3/b15-14+,24-21+. The summed E-state index contributed by atoms with van der Waals surface area (Å²) in [5.74, 6) is 0.852. The second kappa shape index (κ2) is 8.73. The van der Waals surface area contributed by atoms with E-state index in [4.69, 9.17) is 5.10 Å². The Hall–Kier alpha value is -2.79. The maximum Gasteiger partial charge on any atom is 0.127 e. The fourth-order valence-corrected chi connectivity index (χ4v) is 3.01. The number of benzene rings is 2. The van der Waals surface area contributed by atoms with Crippen molar-refractivity contribution in [3.05, 3.63) is 84.5 Å². The van der Waals surface area contributed by atoms with Crippen LogP contribution in [0.15, 0.2) is 83.1 Å². The zero-order valence-corrected chi connectivity index (χ0v) is 16.9. The third-order valence-electron chi connectivity index (χ3n) is 4.06. The summed E-state index contributed by atoms with van der Waals surface area (Å²) < 4.78 is 1.85. The summed E-state index contributed by atoms with van der Waals surface area (Å²) in [6.07, 6.45) is 8.09. The lowest BCUT2D eigenvalue weighted by molar-refractivity contribution is 0.564. The first-order chi connectivity index (χ1) is 13.1. The molecule has 4 nitrogen and oxygen atoms in total. The van der Waals surface area contributed by atoms with E-state index in [0.717, 1.165) is 28.4 Å². The molecule has 0 saturated heterocycles. The fraction of sp³-hybridized carbons (Fsp3) is 0.182. The first-order valence-electron chi connectivity index (χ1n) is 8.76. The monoisotopic (exact) mass is 376 g/mol. The van der Waals surface area contributed by atoms with E-state index in [9.17, 15) is 0 Å². The van der Waals surface area contributed by atoms with Gasteiger partial charge in [0.15, 0.2) is 0 Å². The third kappa shape index (κ3) is 4.89. The Balaban J connectivity index is 2.01. The van der Waals surface area contributed by atoms with Gasteiger partial charge >= 0.3 is 0 Å². The maximum absolute atomic E-state index is 4.85. The number of nitrogens with zero attached hydrogens (tertiary/aromatic N) is 4. The predicted molar refractivity (Wildman–Crippen MR) is 115 cm³/mol. The smallest absolute Gasteiger partial charge is 0.127 e. The number of allylic oxidation sites excluding steroid dienone is 1. The summed E-state index contributed by atoms with van der Waals surface area (Å²) in [5, 5.41) is 4.85. The van der Waals surface area contributed by atoms with E-state index in [1.54, 1.807) is 11.8 Å². The molecule has 27 heavy (non-hydrogen) atoms. The lowest BCUT2D eigenvalue weighted by Crippen LogP contribution is -2.06. The Bertz CT molecular complexity index is 938. The molecular formula is C22H24N4S. The molecule has 0 aliphatic heterocycles. The Morgan fingerprint density at radius 2 is 1.78 bits per heavy atom. The van der Waals surface area contributed by atoms with E-state index in [-0.39, 0.29) is 0 Å². The zero-order valence-electron chi connectivity index (χ0n) is 16.1. The van der Waals surface area contributed by atoms with Crippen LogP contribution in [0.5, 0.6) is 0 Å². The van der Waals surface area contributed by atoms with Crippen LogP contribution in [-0.4, -0.2) is 40.6 Å². The molecule has 0 bridgehead atoms. The Kier molecular flexibility index (Phi) is 6.14. The van der Waals surface area contributed by atoms with Crippen LogP contribution in [0.3, 0.4) is 0 Å². The molecule has 3 aromatic rings. The highest BCUT2D eigenvalue weighted by Gasteiger charge is 2.07. The highest BCUT2D eigenvalue weighted by atomic mass is 32.2. The van der Waals surface area contributed by atoms with Crippen molar-refractivity contribution in [3.8, 4) is 11.3 Å². The van der Waals surface area contributed by atoms with E-state index in [0.29, 0.717) is 0 Å². The number of rotatable bonds is 6. The molecule has 2 aromatic carbocycles. The summed E-state index contributed by atoms with van der Waals surface area (Å²) in [6.45, 7) is 1.97. The number of aromatic nitrogens is 2. The topological polar surface area (TPSA) is 33.4 Å². The summed E-state index contributed by atoms with van der Waals surface area (Å²) in [7, 11) is 4.00. The molecule has 0 radical (unpaired) electrons. The largest absolute Gasteiger partial charge is 0.383 e. The van der Waals surface area contributed by atoms with Crippen LogP contribution in [0.2, 0.25) is 0 Å². The molecule has 0 aliphatic rings. The minimum atomic E-state index is 0.852. The van der Waals surface area contributed by atoms with Crippen LogP contribution in [0.25, 0.3) is 11.3 Å². The molecule has 1 heterocycles. The van der Waals surface area contributed by atoms with E-state index in [2.05, 4.69) is 47.6 Å². The van der Waals surface area contributed by atoms with Gasteiger partial charge in [-0.2, -0.15) is 5.10 Å². The highest BCUT2D eigenvalue weighted by Crippen LogP contribution is 2.19. The van der Waals surface area contributed by atoms with Gasteiger partial charge in [0.2, 0.25) is 0 Å². The highest BCUT2D eigenvalue weighted by molar-refractivity contribution is 7.98. The molecule has 0 aliphatic carbocycles. The van der Waals surface area contributed by atoms with Gasteiger partial charge in [-0.3, -0.25) is 0 Å². The third-order valence-corrected chi connectivity index (χ3v) is 4.80. The van der Waals surface area contributed by atoms with Crippen LogP contribution < -0.4 is 0 Å². The maximum atomic E-state index is 4.85. The molecule has 1 aromatic heterocycles. The minimum absolute atomic E-state index is 0.852. The molecule has 138 valence electrons. The number of aryl methyl sites for hydroxylation is 1. The van der Waals surface area contributed by atoms with Crippen molar-refractivity contribution < 1.29 is 0 Å². The van der Waals surface area contributed by atoms with Gasteiger partial charge in [-0.25, -0.2) is 9.66 Å². The molecule has 5 heteroatoms. The molecule has 3 rings (SSSR count). The molecule has 0 fully saturated rings. The Labute approximate surface area is 165 Å². The predicted octanol–water partition coefficient (Wildman–Crippen LogP) is 4.91.